The molecule has 6 heteroatoms. The zero-order valence-corrected chi connectivity index (χ0v) is 10.4. The van der Waals surface area contributed by atoms with Gasteiger partial charge in [0.15, 0.2) is 0 Å². The summed E-state index contributed by atoms with van der Waals surface area (Å²) >= 11 is 0. The Bertz CT molecular complexity index is 254. The van der Waals surface area contributed by atoms with E-state index in [1.54, 1.807) is 6.92 Å². The molecule has 2 atom stereocenters. The van der Waals surface area contributed by atoms with Crippen molar-refractivity contribution in [3.05, 3.63) is 0 Å². The van der Waals surface area contributed by atoms with E-state index in [0.29, 0.717) is 0 Å². The van der Waals surface area contributed by atoms with Crippen molar-refractivity contribution in [1.82, 2.24) is 5.32 Å². The van der Waals surface area contributed by atoms with E-state index in [1.807, 2.05) is 0 Å². The summed E-state index contributed by atoms with van der Waals surface area (Å²) < 4.78 is 4.63. The van der Waals surface area contributed by atoms with Gasteiger partial charge in [0.1, 0.15) is 6.04 Å². The van der Waals surface area contributed by atoms with Gasteiger partial charge in [-0.25, -0.2) is 4.79 Å². The van der Waals surface area contributed by atoms with Gasteiger partial charge in [0.05, 0.1) is 7.11 Å². The molecule has 94 valence electrons. The van der Waals surface area contributed by atoms with Gasteiger partial charge in [0, 0.05) is 12.5 Å². The fourth-order valence-corrected chi connectivity index (χ4v) is 1.45. The second-order valence-corrected chi connectivity index (χ2v) is 4.09. The lowest BCUT2D eigenvalue weighted by atomic mass is 10.1. The molecule has 0 aliphatic heterocycles. The molecule has 5 nitrogen and oxygen atoms in total. The smallest absolute Gasteiger partial charge is 0.328 e. The Morgan fingerprint density at radius 1 is 1.50 bits per heavy atom. The number of esters is 1. The largest absolute Gasteiger partial charge is 0.467 e. The molecule has 1 aliphatic carbocycles. The maximum atomic E-state index is 11.4. The monoisotopic (exact) mass is 250 g/mol. The van der Waals surface area contributed by atoms with Crippen LogP contribution >= 0.6 is 12.4 Å². The van der Waals surface area contributed by atoms with Crippen LogP contribution in [0.2, 0.25) is 0 Å². The molecule has 0 spiro atoms. The van der Waals surface area contributed by atoms with Crippen LogP contribution in [0.3, 0.4) is 0 Å². The lowest BCUT2D eigenvalue weighted by molar-refractivity contribution is -0.145. The van der Waals surface area contributed by atoms with E-state index in [4.69, 9.17) is 5.73 Å². The van der Waals surface area contributed by atoms with E-state index in [1.165, 1.54) is 7.11 Å². The van der Waals surface area contributed by atoms with Gasteiger partial charge in [0.2, 0.25) is 5.91 Å². The van der Waals surface area contributed by atoms with E-state index < -0.39 is 6.04 Å². The molecule has 1 fully saturated rings. The summed E-state index contributed by atoms with van der Waals surface area (Å²) in [7, 11) is 1.33. The molecule has 3 N–H and O–H groups in total. The van der Waals surface area contributed by atoms with E-state index in [0.717, 1.165) is 12.8 Å². The van der Waals surface area contributed by atoms with Crippen LogP contribution in [0.15, 0.2) is 0 Å². The summed E-state index contributed by atoms with van der Waals surface area (Å²) in [6.45, 7) is 1.75. The summed E-state index contributed by atoms with van der Waals surface area (Å²) in [6, 6.07) is -0.677. The highest BCUT2D eigenvalue weighted by atomic mass is 35.5. The number of nitrogens with one attached hydrogen (secondary N) is 1. The third-order valence-electron chi connectivity index (χ3n) is 2.37. The summed E-state index contributed by atoms with van der Waals surface area (Å²) in [6.07, 6.45) is 2.18. The average Bonchev–Trinajstić information content (AvgIpc) is 2.95. The van der Waals surface area contributed by atoms with Crippen LogP contribution in [-0.2, 0) is 14.3 Å². The third kappa shape index (κ3) is 4.81. The van der Waals surface area contributed by atoms with Gasteiger partial charge in [-0.05, 0) is 25.7 Å². The zero-order chi connectivity index (χ0) is 11.4. The minimum atomic E-state index is -0.485. The Hall–Kier alpha value is -0.810. The highest BCUT2D eigenvalue weighted by molar-refractivity contribution is 5.85. The van der Waals surface area contributed by atoms with Crippen molar-refractivity contribution in [2.75, 3.05) is 7.11 Å². The predicted octanol–water partition coefficient (Wildman–Crippen LogP) is 0.213. The molecule has 1 rings (SSSR count). The third-order valence-corrected chi connectivity index (χ3v) is 2.37. The number of carbonyl (C=O) groups excluding carboxylic acids is 2. The molecular formula is C10H19ClN2O3. The van der Waals surface area contributed by atoms with Gasteiger partial charge in [-0.1, -0.05) is 0 Å². The molecule has 0 radical (unpaired) electrons. The van der Waals surface area contributed by atoms with Crippen LogP contribution in [0.4, 0.5) is 0 Å². The lowest BCUT2D eigenvalue weighted by Gasteiger charge is -2.16. The molecule has 0 heterocycles. The summed E-state index contributed by atoms with van der Waals surface area (Å²) in [5.41, 5.74) is 5.49. The number of amides is 1. The summed E-state index contributed by atoms with van der Waals surface area (Å²) in [5, 5.41) is 2.67. The Morgan fingerprint density at radius 3 is 2.44 bits per heavy atom. The van der Waals surface area contributed by atoms with Gasteiger partial charge in [-0.3, -0.25) is 4.79 Å². The lowest BCUT2D eigenvalue weighted by Crippen LogP contribution is -2.44. The molecule has 0 aromatic rings. The second-order valence-electron chi connectivity index (χ2n) is 4.09. The molecule has 1 saturated carbocycles. The predicted molar refractivity (Wildman–Crippen MR) is 62.2 cm³/mol. The van der Waals surface area contributed by atoms with E-state index in [2.05, 4.69) is 10.1 Å². The van der Waals surface area contributed by atoms with Crippen LogP contribution < -0.4 is 11.1 Å². The number of methoxy groups -OCH3 is 1. The number of halogens is 1. The first-order valence-corrected chi connectivity index (χ1v) is 5.17. The Morgan fingerprint density at radius 2 is 2.06 bits per heavy atom. The van der Waals surface area contributed by atoms with Gasteiger partial charge >= 0.3 is 5.97 Å². The highest BCUT2D eigenvalue weighted by Crippen LogP contribution is 2.33. The van der Waals surface area contributed by atoms with Gasteiger partial charge in [0.25, 0.3) is 0 Å². The van der Waals surface area contributed by atoms with Crippen LogP contribution in [0.1, 0.15) is 26.2 Å². The van der Waals surface area contributed by atoms with E-state index in [9.17, 15) is 9.59 Å². The standard InChI is InChI=1S/C10H18N2O3.ClH/c1-6(11)5-8(13)12-9(7-3-4-7)10(14)15-2;/h6-7,9H,3-5,11H2,1-2H3,(H,12,13);1H. The van der Waals surface area contributed by atoms with Crippen molar-refractivity contribution in [3.8, 4) is 0 Å². The van der Waals surface area contributed by atoms with Crippen LogP contribution in [-0.4, -0.2) is 31.1 Å². The summed E-state index contributed by atoms with van der Waals surface area (Å²) in [5.74, 6) is -0.308. The number of carbonyl (C=O) groups is 2. The van der Waals surface area contributed by atoms with Gasteiger partial charge < -0.3 is 15.8 Å². The van der Waals surface area contributed by atoms with Crippen LogP contribution in [0.5, 0.6) is 0 Å². The number of nitrogens with two attached hydrogens (primary N) is 1. The first-order valence-electron chi connectivity index (χ1n) is 5.17. The van der Waals surface area contributed by atoms with E-state index >= 15 is 0 Å². The maximum absolute atomic E-state index is 11.4. The first-order chi connectivity index (χ1) is 7.04. The van der Waals surface area contributed by atoms with Crippen molar-refractivity contribution in [3.63, 3.8) is 0 Å². The second kappa shape index (κ2) is 6.70. The number of ether oxygens (including phenoxy) is 1. The summed E-state index contributed by atoms with van der Waals surface area (Å²) in [4.78, 5) is 22.8. The fraction of sp³-hybridized carbons (Fsp3) is 0.800. The molecule has 0 aromatic carbocycles. The number of hydrogen-bond acceptors (Lipinski definition) is 4. The van der Waals surface area contributed by atoms with Crippen LogP contribution in [0, 0.1) is 5.92 Å². The molecule has 16 heavy (non-hydrogen) atoms. The molecule has 0 aromatic heterocycles. The molecule has 1 amide bonds. The van der Waals surface area contributed by atoms with Crippen molar-refractivity contribution in [1.29, 1.82) is 0 Å². The normalized spacial score (nSPS) is 17.9. The molecule has 0 bridgehead atoms. The van der Waals surface area contributed by atoms with E-state index in [-0.39, 0.29) is 42.7 Å². The van der Waals surface area contributed by atoms with Gasteiger partial charge in [-0.2, -0.15) is 0 Å². The van der Waals surface area contributed by atoms with Crippen molar-refractivity contribution in [2.45, 2.75) is 38.3 Å². The quantitative estimate of drug-likeness (QED) is 0.684. The maximum Gasteiger partial charge on any atom is 0.328 e. The molecule has 0 saturated heterocycles. The zero-order valence-electron chi connectivity index (χ0n) is 9.56. The van der Waals surface area contributed by atoms with Crippen molar-refractivity contribution >= 4 is 24.3 Å². The first kappa shape index (κ1) is 15.2. The Labute approximate surface area is 101 Å². The number of hydrogen-bond donors (Lipinski definition) is 2. The average molecular weight is 251 g/mol. The SMILES string of the molecule is COC(=O)C(NC(=O)CC(C)N)C1CC1.Cl. The molecule has 1 aliphatic rings. The Balaban J connectivity index is 0.00000225. The Kier molecular flexibility index (Phi) is 6.36. The fourth-order valence-electron chi connectivity index (χ4n) is 1.45. The van der Waals surface area contributed by atoms with Gasteiger partial charge in [-0.15, -0.1) is 12.4 Å². The topological polar surface area (TPSA) is 81.4 Å². The molecular weight excluding hydrogens is 232 g/mol. The van der Waals surface area contributed by atoms with Crippen LogP contribution in [0.25, 0.3) is 0 Å². The van der Waals surface area contributed by atoms with Crippen molar-refractivity contribution < 1.29 is 14.3 Å². The molecule has 2 unspecified atom stereocenters. The highest BCUT2D eigenvalue weighted by Gasteiger charge is 2.37. The van der Waals surface area contributed by atoms with Crippen molar-refractivity contribution in [2.24, 2.45) is 11.7 Å². The minimum absolute atomic E-state index is 0. The minimum Gasteiger partial charge on any atom is -0.467 e. The number of rotatable bonds is 5.